The van der Waals surface area contributed by atoms with E-state index in [9.17, 15) is 0 Å². The van der Waals surface area contributed by atoms with E-state index in [1.54, 1.807) is 0 Å². The third-order valence-electron chi connectivity index (χ3n) is 10.1. The number of benzene rings is 8. The number of rotatable bonds is 5. The van der Waals surface area contributed by atoms with E-state index in [4.69, 9.17) is 0 Å². The van der Waals surface area contributed by atoms with Crippen LogP contribution in [-0.4, -0.2) is 9.13 Å². The van der Waals surface area contributed by atoms with Gasteiger partial charge in [-0.3, -0.25) is 0 Å². The normalized spacial score (nSPS) is 11.6. The number of aromatic nitrogens is 2. The second-order valence-electron chi connectivity index (χ2n) is 13.0. The summed E-state index contributed by atoms with van der Waals surface area (Å²) in [5, 5.41) is 5.00. The summed E-state index contributed by atoms with van der Waals surface area (Å²) < 4.78 is 4.81. The molecule has 10 aromatic rings. The molecule has 0 aliphatic heterocycles. The van der Waals surface area contributed by atoms with E-state index in [0.717, 1.165) is 11.4 Å². The molecule has 0 spiro atoms. The van der Waals surface area contributed by atoms with Gasteiger partial charge in [0.15, 0.2) is 0 Å². The van der Waals surface area contributed by atoms with Crippen molar-refractivity contribution in [2.75, 3.05) is 0 Å². The zero-order valence-corrected chi connectivity index (χ0v) is 27.4. The molecule has 0 N–H and O–H groups in total. The van der Waals surface area contributed by atoms with E-state index in [1.807, 2.05) is 0 Å². The van der Waals surface area contributed by atoms with Gasteiger partial charge in [0.25, 0.3) is 0 Å². The molecule has 0 unspecified atom stereocenters. The molecular weight excluding hydrogens is 605 g/mol. The predicted octanol–water partition coefficient (Wildman–Crippen LogP) is 12.9. The third-order valence-corrected chi connectivity index (χ3v) is 10.1. The highest BCUT2D eigenvalue weighted by Crippen LogP contribution is 2.40. The van der Waals surface area contributed by atoms with Gasteiger partial charge in [-0.1, -0.05) is 133 Å². The smallest absolute Gasteiger partial charge is 0.0547 e. The first kappa shape index (κ1) is 28.4. The number of hydrogen-bond donors (Lipinski definition) is 0. The lowest BCUT2D eigenvalue weighted by Crippen LogP contribution is -1.93. The first-order valence-corrected chi connectivity index (χ1v) is 17.2. The fourth-order valence-corrected chi connectivity index (χ4v) is 7.73. The second kappa shape index (κ2) is 11.5. The molecule has 0 fully saturated rings. The average Bonchev–Trinajstić information content (AvgIpc) is 3.70. The van der Waals surface area contributed by atoms with Crippen molar-refractivity contribution in [3.63, 3.8) is 0 Å². The van der Waals surface area contributed by atoms with Crippen LogP contribution < -0.4 is 0 Å². The largest absolute Gasteiger partial charge is 0.309 e. The molecule has 234 valence electrons. The molecule has 2 heterocycles. The highest BCUT2D eigenvalue weighted by Gasteiger charge is 2.17. The minimum absolute atomic E-state index is 1.16. The van der Waals surface area contributed by atoms with Crippen LogP contribution in [0.3, 0.4) is 0 Å². The van der Waals surface area contributed by atoms with Crippen molar-refractivity contribution in [1.29, 1.82) is 0 Å². The molecular formula is C48H32N2. The molecule has 0 radical (unpaired) electrons. The zero-order valence-electron chi connectivity index (χ0n) is 27.4. The van der Waals surface area contributed by atoms with Crippen LogP contribution >= 0.6 is 0 Å². The lowest BCUT2D eigenvalue weighted by Gasteiger charge is -2.10. The summed E-state index contributed by atoms with van der Waals surface area (Å²) in [5.74, 6) is 0. The Bertz CT molecular complexity index is 2630. The van der Waals surface area contributed by atoms with Gasteiger partial charge in [0.05, 0.1) is 22.1 Å². The maximum Gasteiger partial charge on any atom is 0.0547 e. The van der Waals surface area contributed by atoms with Gasteiger partial charge in [0, 0.05) is 32.9 Å². The van der Waals surface area contributed by atoms with Gasteiger partial charge < -0.3 is 9.13 Å². The summed E-state index contributed by atoms with van der Waals surface area (Å²) in [6, 6.07) is 70.4. The Labute approximate surface area is 290 Å². The van der Waals surface area contributed by atoms with Crippen LogP contribution in [0.4, 0.5) is 0 Å². The molecule has 0 aliphatic carbocycles. The highest BCUT2D eigenvalue weighted by atomic mass is 15.0. The summed E-state index contributed by atoms with van der Waals surface area (Å²) in [6.45, 7) is 0. The van der Waals surface area contributed by atoms with Crippen molar-refractivity contribution in [1.82, 2.24) is 9.13 Å². The maximum atomic E-state index is 2.40. The minimum Gasteiger partial charge on any atom is -0.309 e. The molecule has 8 aromatic carbocycles. The van der Waals surface area contributed by atoms with Crippen LogP contribution in [0.5, 0.6) is 0 Å². The fourth-order valence-electron chi connectivity index (χ4n) is 7.73. The molecule has 10 rings (SSSR count). The third kappa shape index (κ3) is 4.57. The SMILES string of the molecule is c1ccc(-c2ccc3c4cc(-c5ccc6c(c5)c5ccc(-c7ccccc7)cc5n6-c5ccccc5)ccc4n(-c4ccccc4)c3c2)cc1. The molecule has 0 aliphatic rings. The quantitative estimate of drug-likeness (QED) is 0.178. The molecule has 2 aromatic heterocycles. The van der Waals surface area contributed by atoms with Gasteiger partial charge in [-0.25, -0.2) is 0 Å². The van der Waals surface area contributed by atoms with Gasteiger partial charge in [0.1, 0.15) is 0 Å². The maximum absolute atomic E-state index is 2.40. The summed E-state index contributed by atoms with van der Waals surface area (Å²) >= 11 is 0. The summed E-state index contributed by atoms with van der Waals surface area (Å²) in [6.07, 6.45) is 0. The highest BCUT2D eigenvalue weighted by molar-refractivity contribution is 6.13. The lowest BCUT2D eigenvalue weighted by molar-refractivity contribution is 1.18. The van der Waals surface area contributed by atoms with Gasteiger partial charge in [-0.15, -0.1) is 0 Å². The van der Waals surface area contributed by atoms with E-state index in [2.05, 4.69) is 203 Å². The Morgan fingerprint density at radius 2 is 0.560 bits per heavy atom. The van der Waals surface area contributed by atoms with Crippen molar-refractivity contribution < 1.29 is 0 Å². The van der Waals surface area contributed by atoms with E-state index >= 15 is 0 Å². The van der Waals surface area contributed by atoms with Gasteiger partial charge in [0.2, 0.25) is 0 Å². The lowest BCUT2D eigenvalue weighted by atomic mass is 9.99. The van der Waals surface area contributed by atoms with Crippen LogP contribution in [0.25, 0.3) is 88.4 Å². The molecule has 0 amide bonds. The Morgan fingerprint density at radius 3 is 0.960 bits per heavy atom. The molecule has 2 heteroatoms. The minimum atomic E-state index is 1.16. The van der Waals surface area contributed by atoms with Crippen LogP contribution in [0.1, 0.15) is 0 Å². The molecule has 0 bridgehead atoms. The molecule has 0 atom stereocenters. The number of nitrogens with zero attached hydrogens (tertiary/aromatic N) is 2. The summed E-state index contributed by atoms with van der Waals surface area (Å²) in [4.78, 5) is 0. The topological polar surface area (TPSA) is 9.86 Å². The standard InChI is InChI=1S/C48H32N2/c1-5-13-33(14-6-1)37-21-25-41-43-29-35(23-27-45(43)49(47(41)31-37)39-17-9-3-10-18-39)36-24-28-46-44(30-36)42-26-22-38(34-15-7-2-8-16-34)32-48(42)50(46)40-19-11-4-12-20-40/h1-32H. The molecule has 0 saturated carbocycles. The number of para-hydroxylation sites is 2. The van der Waals surface area contributed by atoms with E-state index in [-0.39, 0.29) is 0 Å². The monoisotopic (exact) mass is 636 g/mol. The zero-order chi connectivity index (χ0) is 33.0. The Morgan fingerprint density at radius 1 is 0.220 bits per heavy atom. The van der Waals surface area contributed by atoms with E-state index < -0.39 is 0 Å². The van der Waals surface area contributed by atoms with Crippen molar-refractivity contribution in [3.8, 4) is 44.8 Å². The Balaban J connectivity index is 1.18. The average molecular weight is 637 g/mol. The second-order valence-corrected chi connectivity index (χ2v) is 13.0. The van der Waals surface area contributed by atoms with Gasteiger partial charge in [-0.2, -0.15) is 0 Å². The van der Waals surface area contributed by atoms with Crippen molar-refractivity contribution in [3.05, 3.63) is 194 Å². The van der Waals surface area contributed by atoms with Crippen LogP contribution in [-0.2, 0) is 0 Å². The van der Waals surface area contributed by atoms with Crippen LogP contribution in [0.15, 0.2) is 194 Å². The molecule has 50 heavy (non-hydrogen) atoms. The van der Waals surface area contributed by atoms with Crippen LogP contribution in [0, 0.1) is 0 Å². The van der Waals surface area contributed by atoms with Crippen LogP contribution in [0.2, 0.25) is 0 Å². The van der Waals surface area contributed by atoms with Gasteiger partial charge in [-0.05, 0) is 94.0 Å². The first-order valence-electron chi connectivity index (χ1n) is 17.2. The fraction of sp³-hybridized carbons (Fsp3) is 0. The Kier molecular flexibility index (Phi) is 6.53. The number of fused-ring (bicyclic) bond motifs is 6. The van der Waals surface area contributed by atoms with Crippen molar-refractivity contribution in [2.45, 2.75) is 0 Å². The van der Waals surface area contributed by atoms with Gasteiger partial charge >= 0.3 is 0 Å². The predicted molar refractivity (Wildman–Crippen MR) is 211 cm³/mol. The Hall–Kier alpha value is -6.64. The van der Waals surface area contributed by atoms with E-state index in [1.165, 1.54) is 77.0 Å². The summed E-state index contributed by atoms with van der Waals surface area (Å²) in [7, 11) is 0. The molecule has 0 saturated heterocycles. The van der Waals surface area contributed by atoms with Crippen molar-refractivity contribution in [2.24, 2.45) is 0 Å². The first-order chi connectivity index (χ1) is 24.8. The summed E-state index contributed by atoms with van der Waals surface area (Å²) in [5.41, 5.74) is 14.4. The van der Waals surface area contributed by atoms with Crippen molar-refractivity contribution >= 4 is 43.6 Å². The van der Waals surface area contributed by atoms with E-state index in [0.29, 0.717) is 0 Å². The molecule has 2 nitrogen and oxygen atoms in total. The number of hydrogen-bond acceptors (Lipinski definition) is 0.